The molecule has 2 aromatic heterocycles. The van der Waals surface area contributed by atoms with Gasteiger partial charge in [-0.05, 0) is 80.2 Å². The summed E-state index contributed by atoms with van der Waals surface area (Å²) in [6.45, 7) is 12.5. The van der Waals surface area contributed by atoms with Gasteiger partial charge in [0, 0.05) is 39.5 Å². The molecule has 6 heteroatoms. The summed E-state index contributed by atoms with van der Waals surface area (Å²) in [5.41, 5.74) is 10.8. The molecule has 2 heterocycles. The standard InChI is InChI=1S/C37H40O6/c1-9-19(2)37(38)42-18-27-30-21(4)13-11-15-25(30)34(40-8)36-32(27)23(6)28(43-36)16-26-29-20(3)12-10-14-24(29)33(39-7)35-31(26)22(5)17-41-35/h9-11,14-15,17,20-21H,12-13,16,18H2,1-8H3/t20-,21-/m0/s1. The zero-order valence-corrected chi connectivity index (χ0v) is 26.4. The number of hydrogen-bond donors (Lipinski definition) is 0. The molecule has 2 aromatic carbocycles. The molecule has 0 amide bonds. The number of hydrogen-bond acceptors (Lipinski definition) is 6. The van der Waals surface area contributed by atoms with Crippen molar-refractivity contribution in [3.8, 4) is 11.5 Å². The summed E-state index contributed by atoms with van der Waals surface area (Å²) in [4.78, 5) is 12.8. The first-order valence-corrected chi connectivity index (χ1v) is 15.1. The normalized spacial score (nSPS) is 17.8. The molecule has 0 spiro atoms. The van der Waals surface area contributed by atoms with Gasteiger partial charge in [-0.1, -0.05) is 44.2 Å². The maximum Gasteiger partial charge on any atom is 0.333 e. The van der Waals surface area contributed by atoms with Gasteiger partial charge in [-0.2, -0.15) is 0 Å². The number of carbonyl (C=O) groups is 1. The molecule has 0 N–H and O–H groups in total. The monoisotopic (exact) mass is 580 g/mol. The predicted molar refractivity (Wildman–Crippen MR) is 171 cm³/mol. The van der Waals surface area contributed by atoms with Gasteiger partial charge in [0.15, 0.2) is 22.7 Å². The highest BCUT2D eigenvalue weighted by molar-refractivity contribution is 5.98. The second-order valence-corrected chi connectivity index (χ2v) is 12.0. The Morgan fingerprint density at radius 1 is 0.930 bits per heavy atom. The van der Waals surface area contributed by atoms with Crippen molar-refractivity contribution >= 4 is 40.1 Å². The van der Waals surface area contributed by atoms with Gasteiger partial charge in [0.2, 0.25) is 0 Å². The third-order valence-electron chi connectivity index (χ3n) is 9.34. The average molecular weight is 581 g/mol. The summed E-state index contributed by atoms with van der Waals surface area (Å²) in [7, 11) is 3.40. The van der Waals surface area contributed by atoms with Crippen LogP contribution in [0.3, 0.4) is 0 Å². The van der Waals surface area contributed by atoms with E-state index in [0.29, 0.717) is 23.5 Å². The minimum absolute atomic E-state index is 0.162. The van der Waals surface area contributed by atoms with E-state index in [0.717, 1.165) is 79.8 Å². The summed E-state index contributed by atoms with van der Waals surface area (Å²) in [6, 6.07) is 0. The van der Waals surface area contributed by atoms with Crippen molar-refractivity contribution in [3.05, 3.63) is 80.3 Å². The Morgan fingerprint density at radius 3 is 2.14 bits per heavy atom. The Bertz CT molecular complexity index is 1860. The summed E-state index contributed by atoms with van der Waals surface area (Å²) in [5.74, 6) is 2.60. The third kappa shape index (κ3) is 4.50. The number of allylic oxidation sites excluding steroid dienone is 3. The van der Waals surface area contributed by atoms with Gasteiger partial charge >= 0.3 is 5.97 Å². The number of carbonyl (C=O) groups excluding carboxylic acids is 1. The van der Waals surface area contributed by atoms with E-state index < -0.39 is 0 Å². The summed E-state index contributed by atoms with van der Waals surface area (Å²) in [5, 5.41) is 2.05. The number of rotatable bonds is 7. The number of methoxy groups -OCH3 is 2. The molecule has 2 aliphatic rings. The predicted octanol–water partition coefficient (Wildman–Crippen LogP) is 9.45. The molecule has 6 nitrogen and oxygen atoms in total. The maximum atomic E-state index is 12.8. The largest absolute Gasteiger partial charge is 0.492 e. The first-order valence-electron chi connectivity index (χ1n) is 15.1. The second-order valence-electron chi connectivity index (χ2n) is 12.0. The molecule has 0 radical (unpaired) electrons. The van der Waals surface area contributed by atoms with Gasteiger partial charge in [-0.15, -0.1) is 0 Å². The number of benzene rings is 2. The minimum Gasteiger partial charge on any atom is -0.492 e. The summed E-state index contributed by atoms with van der Waals surface area (Å²) < 4.78 is 30.7. The quantitative estimate of drug-likeness (QED) is 0.160. The molecule has 0 fully saturated rings. The van der Waals surface area contributed by atoms with Crippen molar-refractivity contribution in [3.63, 3.8) is 0 Å². The molecule has 2 atom stereocenters. The SMILES string of the molecule is CC=C(C)C(=O)OCc1c2c(c(OC)c3oc(Cc4c5c(c(OC)c6occ(C)c46)C=CC[C@@H]5C)c(C)c13)C=CC[C@@H]2C. The van der Waals surface area contributed by atoms with Crippen molar-refractivity contribution in [1.29, 1.82) is 0 Å². The molecule has 0 saturated heterocycles. The molecule has 0 saturated carbocycles. The van der Waals surface area contributed by atoms with Gasteiger partial charge in [0.25, 0.3) is 0 Å². The molecule has 0 unspecified atom stereocenters. The Labute approximate surface area is 253 Å². The summed E-state index contributed by atoms with van der Waals surface area (Å²) in [6.07, 6.45) is 14.7. The van der Waals surface area contributed by atoms with Crippen LogP contribution in [-0.2, 0) is 22.6 Å². The lowest BCUT2D eigenvalue weighted by atomic mass is 9.80. The Morgan fingerprint density at radius 2 is 1.53 bits per heavy atom. The third-order valence-corrected chi connectivity index (χ3v) is 9.34. The molecular weight excluding hydrogens is 540 g/mol. The fourth-order valence-electron chi connectivity index (χ4n) is 7.06. The van der Waals surface area contributed by atoms with Crippen LogP contribution in [0.15, 0.2) is 38.9 Å². The van der Waals surface area contributed by atoms with E-state index >= 15 is 0 Å². The van der Waals surface area contributed by atoms with Crippen LogP contribution in [0.4, 0.5) is 0 Å². The van der Waals surface area contributed by atoms with Gasteiger partial charge in [0.1, 0.15) is 12.4 Å². The molecule has 2 aliphatic carbocycles. The van der Waals surface area contributed by atoms with E-state index in [1.807, 2.05) is 13.2 Å². The molecule has 43 heavy (non-hydrogen) atoms. The number of ether oxygens (including phenoxy) is 3. The second kappa shape index (κ2) is 11.1. The highest BCUT2D eigenvalue weighted by Gasteiger charge is 2.32. The highest BCUT2D eigenvalue weighted by Crippen LogP contribution is 2.49. The fraction of sp³-hybridized carbons (Fsp3) is 0.378. The van der Waals surface area contributed by atoms with Crippen molar-refractivity contribution < 1.29 is 27.8 Å². The highest BCUT2D eigenvalue weighted by atomic mass is 16.5. The first-order chi connectivity index (χ1) is 20.7. The zero-order chi connectivity index (χ0) is 30.6. The van der Waals surface area contributed by atoms with Crippen molar-refractivity contribution in [2.24, 2.45) is 0 Å². The lowest BCUT2D eigenvalue weighted by Gasteiger charge is -2.25. The number of aryl methyl sites for hydroxylation is 2. The molecule has 6 rings (SSSR count). The van der Waals surface area contributed by atoms with E-state index in [9.17, 15) is 4.79 Å². The summed E-state index contributed by atoms with van der Waals surface area (Å²) >= 11 is 0. The van der Waals surface area contributed by atoms with Crippen molar-refractivity contribution in [1.82, 2.24) is 0 Å². The number of furan rings is 2. The van der Waals surface area contributed by atoms with Crippen LogP contribution < -0.4 is 9.47 Å². The van der Waals surface area contributed by atoms with Gasteiger partial charge in [-0.3, -0.25) is 0 Å². The zero-order valence-electron chi connectivity index (χ0n) is 26.4. The lowest BCUT2D eigenvalue weighted by molar-refractivity contribution is -0.140. The Kier molecular flexibility index (Phi) is 7.49. The number of fused-ring (bicyclic) bond motifs is 4. The van der Waals surface area contributed by atoms with Crippen LogP contribution in [0.25, 0.3) is 34.1 Å². The van der Waals surface area contributed by atoms with Crippen LogP contribution in [0, 0.1) is 13.8 Å². The van der Waals surface area contributed by atoms with E-state index in [4.69, 9.17) is 23.0 Å². The minimum atomic E-state index is -0.315. The molecule has 4 aromatic rings. The van der Waals surface area contributed by atoms with Crippen LogP contribution in [0.1, 0.15) is 103 Å². The lowest BCUT2D eigenvalue weighted by Crippen LogP contribution is -2.12. The molecule has 224 valence electrons. The van der Waals surface area contributed by atoms with Crippen LogP contribution >= 0.6 is 0 Å². The smallest absolute Gasteiger partial charge is 0.333 e. The van der Waals surface area contributed by atoms with E-state index in [2.05, 4.69) is 52.0 Å². The van der Waals surface area contributed by atoms with Gasteiger partial charge in [-0.25, -0.2) is 4.79 Å². The average Bonchev–Trinajstić information content (AvgIpc) is 3.54. The fourth-order valence-corrected chi connectivity index (χ4v) is 7.06. The van der Waals surface area contributed by atoms with Gasteiger partial charge < -0.3 is 23.0 Å². The Hall–Kier alpha value is -4.19. The molecule has 0 aliphatic heterocycles. The van der Waals surface area contributed by atoms with E-state index in [1.54, 1.807) is 27.2 Å². The molecule has 0 bridgehead atoms. The Balaban J connectivity index is 1.60. The van der Waals surface area contributed by atoms with E-state index in [1.165, 1.54) is 11.1 Å². The van der Waals surface area contributed by atoms with Crippen LogP contribution in [0.5, 0.6) is 11.5 Å². The van der Waals surface area contributed by atoms with Crippen molar-refractivity contribution in [2.45, 2.75) is 79.2 Å². The van der Waals surface area contributed by atoms with Crippen LogP contribution in [0.2, 0.25) is 0 Å². The molecular formula is C37H40O6. The topological polar surface area (TPSA) is 71.0 Å². The maximum absolute atomic E-state index is 12.8. The first kappa shape index (κ1) is 28.9. The van der Waals surface area contributed by atoms with Gasteiger partial charge in [0.05, 0.1) is 20.5 Å². The van der Waals surface area contributed by atoms with Crippen molar-refractivity contribution in [2.75, 3.05) is 14.2 Å². The number of esters is 1. The van der Waals surface area contributed by atoms with E-state index in [-0.39, 0.29) is 18.5 Å². The van der Waals surface area contributed by atoms with Crippen LogP contribution in [-0.4, -0.2) is 20.2 Å².